The van der Waals surface area contributed by atoms with Gasteiger partial charge in [0.05, 0.1) is 17.3 Å². The zero-order chi connectivity index (χ0) is 19.8. The van der Waals surface area contributed by atoms with Gasteiger partial charge in [-0.15, -0.1) is 5.10 Å². The number of hydrogen-bond donors (Lipinski definition) is 0. The molecule has 1 amide bonds. The van der Waals surface area contributed by atoms with E-state index >= 15 is 0 Å². The van der Waals surface area contributed by atoms with Crippen LogP contribution in [0, 0.1) is 13.8 Å². The van der Waals surface area contributed by atoms with E-state index in [0.717, 1.165) is 17.8 Å². The fourth-order valence-corrected chi connectivity index (χ4v) is 5.81. The monoisotopic (exact) mass is 411 g/mol. The van der Waals surface area contributed by atoms with Crippen molar-refractivity contribution in [1.29, 1.82) is 0 Å². The van der Waals surface area contributed by atoms with E-state index in [9.17, 15) is 13.2 Å². The molecule has 0 N–H and O–H groups in total. The third-order valence-corrected chi connectivity index (χ3v) is 7.45. The van der Waals surface area contributed by atoms with E-state index in [4.69, 9.17) is 0 Å². The Bertz CT molecular complexity index is 957. The van der Waals surface area contributed by atoms with Gasteiger partial charge in [-0.2, -0.15) is 4.98 Å². The normalized spacial score (nSPS) is 20.1. The summed E-state index contributed by atoms with van der Waals surface area (Å²) in [6.45, 7) is 7.80. The number of rotatable bonds is 6. The number of nitrogens with zero attached hydrogens (tertiary/aromatic N) is 5. The fraction of sp³-hybridized carbons (Fsp3) is 0.647. The van der Waals surface area contributed by atoms with Gasteiger partial charge in [0.25, 0.3) is 5.78 Å². The summed E-state index contributed by atoms with van der Waals surface area (Å²) in [5.74, 6) is 0.835. The van der Waals surface area contributed by atoms with Crippen LogP contribution in [0.25, 0.3) is 5.78 Å². The van der Waals surface area contributed by atoms with Crippen LogP contribution in [0.3, 0.4) is 0 Å². The highest BCUT2D eigenvalue weighted by molar-refractivity contribution is 7.99. The number of fused-ring (bicyclic) bond motifs is 1. The van der Waals surface area contributed by atoms with E-state index < -0.39 is 9.84 Å². The molecule has 0 saturated carbocycles. The van der Waals surface area contributed by atoms with Crippen LogP contribution in [0.15, 0.2) is 11.2 Å². The van der Waals surface area contributed by atoms with Gasteiger partial charge >= 0.3 is 0 Å². The minimum Gasteiger partial charge on any atom is -0.335 e. The predicted octanol–water partition coefficient (Wildman–Crippen LogP) is 1.65. The number of thioether (sulfide) groups is 1. The second-order valence-electron chi connectivity index (χ2n) is 7.05. The smallest absolute Gasteiger partial charge is 0.253 e. The molecule has 2 atom stereocenters. The van der Waals surface area contributed by atoms with Gasteiger partial charge in [-0.25, -0.2) is 17.9 Å². The van der Waals surface area contributed by atoms with Crippen molar-refractivity contribution in [1.82, 2.24) is 24.5 Å². The molecular formula is C17H25N5O3S2. The second kappa shape index (κ2) is 7.75. The first-order chi connectivity index (χ1) is 12.7. The SMILES string of the molecule is CC[C@@H](C)N(C(=O)CSc1nc2nc(C)cc(C)n2n1)[C@H]1CCS(=O)(=O)C1. The van der Waals surface area contributed by atoms with Crippen LogP contribution >= 0.6 is 11.8 Å². The zero-order valence-electron chi connectivity index (χ0n) is 16.0. The molecule has 148 valence electrons. The Hall–Kier alpha value is -1.68. The van der Waals surface area contributed by atoms with Gasteiger partial charge in [0, 0.05) is 23.5 Å². The van der Waals surface area contributed by atoms with Gasteiger partial charge in [0.2, 0.25) is 11.1 Å². The van der Waals surface area contributed by atoms with Crippen LogP contribution in [-0.4, -0.2) is 68.1 Å². The van der Waals surface area contributed by atoms with Gasteiger partial charge in [-0.3, -0.25) is 4.79 Å². The van der Waals surface area contributed by atoms with Gasteiger partial charge < -0.3 is 4.90 Å². The minimum atomic E-state index is -3.05. The molecule has 0 aromatic carbocycles. The van der Waals surface area contributed by atoms with E-state index in [2.05, 4.69) is 15.1 Å². The molecule has 1 aliphatic heterocycles. The molecule has 27 heavy (non-hydrogen) atoms. The molecule has 0 spiro atoms. The van der Waals surface area contributed by atoms with Crippen molar-refractivity contribution in [3.8, 4) is 0 Å². The number of sulfone groups is 1. The molecule has 2 aromatic heterocycles. The summed E-state index contributed by atoms with van der Waals surface area (Å²) in [6, 6.07) is 1.68. The Kier molecular flexibility index (Phi) is 5.76. The van der Waals surface area contributed by atoms with E-state index in [0.29, 0.717) is 17.4 Å². The van der Waals surface area contributed by atoms with E-state index in [1.54, 1.807) is 9.42 Å². The quantitative estimate of drug-likeness (QED) is 0.667. The first-order valence-corrected chi connectivity index (χ1v) is 11.9. The molecule has 10 heteroatoms. The van der Waals surface area contributed by atoms with E-state index in [1.807, 2.05) is 33.8 Å². The Morgan fingerprint density at radius 3 is 2.78 bits per heavy atom. The second-order valence-corrected chi connectivity index (χ2v) is 10.2. The third-order valence-electron chi connectivity index (χ3n) is 4.88. The van der Waals surface area contributed by atoms with Crippen LogP contribution < -0.4 is 0 Å². The molecular weight excluding hydrogens is 386 g/mol. The molecule has 8 nitrogen and oxygen atoms in total. The summed E-state index contributed by atoms with van der Waals surface area (Å²) in [6.07, 6.45) is 1.29. The summed E-state index contributed by atoms with van der Waals surface area (Å²) < 4.78 is 25.4. The molecule has 1 aliphatic rings. The summed E-state index contributed by atoms with van der Waals surface area (Å²) in [7, 11) is -3.05. The van der Waals surface area contributed by atoms with Crippen LogP contribution in [0.4, 0.5) is 0 Å². The Balaban J connectivity index is 1.73. The van der Waals surface area contributed by atoms with Gasteiger partial charge in [0.1, 0.15) is 0 Å². The third kappa shape index (κ3) is 4.43. The summed E-state index contributed by atoms with van der Waals surface area (Å²) in [5.41, 5.74) is 1.80. The van der Waals surface area contributed by atoms with Crippen molar-refractivity contribution in [2.75, 3.05) is 17.3 Å². The van der Waals surface area contributed by atoms with Crippen molar-refractivity contribution in [2.24, 2.45) is 0 Å². The molecule has 2 aromatic rings. The number of carbonyl (C=O) groups excluding carboxylic acids is 1. The average Bonchev–Trinajstić information content (AvgIpc) is 3.16. The lowest BCUT2D eigenvalue weighted by atomic mass is 10.1. The van der Waals surface area contributed by atoms with E-state index in [-0.39, 0.29) is 35.2 Å². The minimum absolute atomic E-state index is 0.00279. The highest BCUT2D eigenvalue weighted by Gasteiger charge is 2.36. The molecule has 1 fully saturated rings. The number of carbonyl (C=O) groups is 1. The molecule has 0 aliphatic carbocycles. The van der Waals surface area contributed by atoms with Gasteiger partial charge in [-0.1, -0.05) is 18.7 Å². The lowest BCUT2D eigenvalue weighted by molar-refractivity contribution is -0.132. The molecule has 3 heterocycles. The van der Waals surface area contributed by atoms with Crippen molar-refractivity contribution in [3.05, 3.63) is 17.5 Å². The summed E-state index contributed by atoms with van der Waals surface area (Å²) in [4.78, 5) is 23.4. The lowest BCUT2D eigenvalue weighted by Crippen LogP contribution is -2.47. The molecule has 0 unspecified atom stereocenters. The first kappa shape index (κ1) is 20.1. The number of hydrogen-bond acceptors (Lipinski definition) is 7. The van der Waals surface area contributed by atoms with Crippen molar-refractivity contribution in [2.45, 2.75) is 57.8 Å². The van der Waals surface area contributed by atoms with Crippen molar-refractivity contribution < 1.29 is 13.2 Å². The average molecular weight is 412 g/mol. The number of aryl methyl sites for hydroxylation is 2. The Labute approximate surface area is 163 Å². The maximum absolute atomic E-state index is 12.9. The molecule has 3 rings (SSSR count). The standard InChI is InChI=1S/C17H25N5O3S2/c1-5-12(3)21(14-6-7-27(24,25)10-14)15(23)9-26-17-19-16-18-11(2)8-13(4)22(16)20-17/h8,12,14H,5-7,9-10H2,1-4H3/t12-,14+/m1/s1. The van der Waals surface area contributed by atoms with Gasteiger partial charge in [0.15, 0.2) is 9.84 Å². The summed E-state index contributed by atoms with van der Waals surface area (Å²) >= 11 is 1.26. The van der Waals surface area contributed by atoms with Crippen LogP contribution in [-0.2, 0) is 14.6 Å². The summed E-state index contributed by atoms with van der Waals surface area (Å²) in [5, 5.41) is 4.90. The highest BCUT2D eigenvalue weighted by atomic mass is 32.2. The highest BCUT2D eigenvalue weighted by Crippen LogP contribution is 2.24. The predicted molar refractivity (Wildman–Crippen MR) is 105 cm³/mol. The van der Waals surface area contributed by atoms with E-state index in [1.165, 1.54) is 11.8 Å². The topological polar surface area (TPSA) is 97.5 Å². The van der Waals surface area contributed by atoms with Crippen LogP contribution in [0.2, 0.25) is 0 Å². The Morgan fingerprint density at radius 2 is 2.15 bits per heavy atom. The zero-order valence-corrected chi connectivity index (χ0v) is 17.7. The van der Waals surface area contributed by atoms with Crippen molar-refractivity contribution >= 4 is 33.3 Å². The lowest BCUT2D eigenvalue weighted by Gasteiger charge is -2.33. The molecule has 1 saturated heterocycles. The van der Waals surface area contributed by atoms with Crippen molar-refractivity contribution in [3.63, 3.8) is 0 Å². The fourth-order valence-electron chi connectivity index (χ4n) is 3.41. The maximum Gasteiger partial charge on any atom is 0.253 e. The molecule has 0 bridgehead atoms. The number of aromatic nitrogens is 4. The maximum atomic E-state index is 12.9. The first-order valence-electron chi connectivity index (χ1n) is 9.05. The number of amides is 1. The van der Waals surface area contributed by atoms with Crippen LogP contribution in [0.1, 0.15) is 38.1 Å². The Morgan fingerprint density at radius 1 is 1.41 bits per heavy atom. The van der Waals surface area contributed by atoms with Gasteiger partial charge in [-0.05, 0) is 39.7 Å². The molecule has 0 radical (unpaired) electrons. The van der Waals surface area contributed by atoms with Crippen LogP contribution in [0.5, 0.6) is 0 Å². The largest absolute Gasteiger partial charge is 0.335 e.